The van der Waals surface area contributed by atoms with Crippen molar-refractivity contribution in [2.24, 2.45) is 0 Å². The number of rotatable bonds is 3. The fourth-order valence-corrected chi connectivity index (χ4v) is 2.63. The highest BCUT2D eigenvalue weighted by molar-refractivity contribution is 9.10. The lowest BCUT2D eigenvalue weighted by molar-refractivity contribution is 0.309. The van der Waals surface area contributed by atoms with Crippen molar-refractivity contribution in [2.45, 2.75) is 13.5 Å². The van der Waals surface area contributed by atoms with Gasteiger partial charge in [0.2, 0.25) is 0 Å². The Bertz CT molecular complexity index is 802. The van der Waals surface area contributed by atoms with Crippen LogP contribution < -0.4 is 10.5 Å². The van der Waals surface area contributed by atoms with Crippen molar-refractivity contribution in [3.8, 4) is 5.75 Å². The van der Waals surface area contributed by atoms with Gasteiger partial charge in [-0.2, -0.15) is 0 Å². The molecule has 2 aromatic carbocycles. The number of aryl methyl sites for hydroxylation is 1. The Morgan fingerprint density at radius 2 is 1.95 bits per heavy atom. The fraction of sp³-hybridized carbons (Fsp3) is 0.118. The average Bonchev–Trinajstić information content (AvgIpc) is 2.48. The van der Waals surface area contributed by atoms with Crippen LogP contribution in [0.25, 0.3) is 10.8 Å². The number of hydrogen-bond acceptors (Lipinski definition) is 3. The summed E-state index contributed by atoms with van der Waals surface area (Å²) in [4.78, 5) is 4.30. The predicted octanol–water partition coefficient (Wildman–Crippen LogP) is 4.47. The second-order valence-corrected chi connectivity index (χ2v) is 5.76. The van der Waals surface area contributed by atoms with Crippen molar-refractivity contribution in [3.63, 3.8) is 0 Å². The number of benzene rings is 2. The SMILES string of the molecule is Cc1cc2c(OCc3ccccc3Br)ccc(N)c2cn1. The lowest BCUT2D eigenvalue weighted by Crippen LogP contribution is -1.98. The molecule has 0 aliphatic carbocycles. The van der Waals surface area contributed by atoms with Crippen LogP contribution >= 0.6 is 15.9 Å². The number of hydrogen-bond donors (Lipinski definition) is 1. The molecule has 0 amide bonds. The molecule has 2 N–H and O–H groups in total. The summed E-state index contributed by atoms with van der Waals surface area (Å²) in [6, 6.07) is 13.8. The number of fused-ring (bicyclic) bond motifs is 1. The number of halogens is 1. The second-order valence-electron chi connectivity index (χ2n) is 4.90. The highest BCUT2D eigenvalue weighted by Gasteiger charge is 2.07. The molecule has 1 aromatic heterocycles. The number of pyridine rings is 1. The minimum Gasteiger partial charge on any atom is -0.488 e. The van der Waals surface area contributed by atoms with Crippen molar-refractivity contribution in [1.82, 2.24) is 4.98 Å². The van der Waals surface area contributed by atoms with Crippen molar-refractivity contribution in [1.29, 1.82) is 0 Å². The number of anilines is 1. The van der Waals surface area contributed by atoms with Crippen molar-refractivity contribution in [2.75, 3.05) is 5.73 Å². The smallest absolute Gasteiger partial charge is 0.127 e. The molecule has 0 spiro atoms. The third-order valence-electron chi connectivity index (χ3n) is 3.37. The molecule has 1 heterocycles. The molecular formula is C17H15BrN2O. The first-order valence-corrected chi connectivity index (χ1v) is 7.45. The van der Waals surface area contributed by atoms with E-state index in [4.69, 9.17) is 10.5 Å². The summed E-state index contributed by atoms with van der Waals surface area (Å²) in [6.45, 7) is 2.46. The fourth-order valence-electron chi connectivity index (χ4n) is 2.24. The summed E-state index contributed by atoms with van der Waals surface area (Å²) in [5, 5.41) is 1.92. The number of aromatic nitrogens is 1. The Balaban J connectivity index is 1.96. The molecular weight excluding hydrogens is 328 g/mol. The number of ether oxygens (including phenoxy) is 1. The van der Waals surface area contributed by atoms with E-state index in [1.54, 1.807) is 6.20 Å². The van der Waals surface area contributed by atoms with Crippen LogP contribution in [-0.4, -0.2) is 4.98 Å². The van der Waals surface area contributed by atoms with Gasteiger partial charge < -0.3 is 10.5 Å². The van der Waals surface area contributed by atoms with Crippen LogP contribution in [-0.2, 0) is 6.61 Å². The highest BCUT2D eigenvalue weighted by Crippen LogP contribution is 2.31. The van der Waals surface area contributed by atoms with E-state index in [0.717, 1.165) is 32.3 Å². The van der Waals surface area contributed by atoms with Gasteiger partial charge in [0.25, 0.3) is 0 Å². The van der Waals surface area contributed by atoms with Gasteiger partial charge >= 0.3 is 0 Å². The number of nitrogens with two attached hydrogens (primary N) is 1. The Morgan fingerprint density at radius 1 is 1.14 bits per heavy atom. The van der Waals surface area contributed by atoms with Crippen LogP contribution in [0.15, 0.2) is 53.1 Å². The maximum absolute atomic E-state index is 6.00. The Kier molecular flexibility index (Phi) is 3.80. The van der Waals surface area contributed by atoms with Gasteiger partial charge in [-0.3, -0.25) is 4.98 Å². The van der Waals surface area contributed by atoms with E-state index in [0.29, 0.717) is 12.3 Å². The van der Waals surface area contributed by atoms with Crippen molar-refractivity contribution < 1.29 is 4.74 Å². The summed E-state index contributed by atoms with van der Waals surface area (Å²) >= 11 is 3.53. The first-order valence-electron chi connectivity index (χ1n) is 6.66. The molecule has 0 aliphatic rings. The first kappa shape index (κ1) is 13.9. The van der Waals surface area contributed by atoms with Crippen LogP contribution in [0, 0.1) is 6.92 Å². The number of nitrogens with zero attached hydrogens (tertiary/aromatic N) is 1. The van der Waals surface area contributed by atoms with Gasteiger partial charge in [0.1, 0.15) is 12.4 Å². The van der Waals surface area contributed by atoms with E-state index in [9.17, 15) is 0 Å². The first-order chi connectivity index (χ1) is 10.1. The minimum absolute atomic E-state index is 0.502. The molecule has 0 bridgehead atoms. The molecule has 3 nitrogen and oxygen atoms in total. The molecule has 0 unspecified atom stereocenters. The zero-order chi connectivity index (χ0) is 14.8. The molecule has 3 rings (SSSR count). The van der Waals surface area contributed by atoms with Gasteiger partial charge in [0.05, 0.1) is 0 Å². The molecule has 3 aromatic rings. The van der Waals surface area contributed by atoms with Crippen LogP contribution in [0.5, 0.6) is 5.75 Å². The maximum Gasteiger partial charge on any atom is 0.127 e. The normalized spacial score (nSPS) is 10.8. The van der Waals surface area contributed by atoms with Crippen LogP contribution in [0.4, 0.5) is 5.69 Å². The quantitative estimate of drug-likeness (QED) is 0.714. The molecule has 0 radical (unpaired) electrons. The van der Waals surface area contributed by atoms with E-state index < -0.39 is 0 Å². The van der Waals surface area contributed by atoms with E-state index in [1.165, 1.54) is 0 Å². The monoisotopic (exact) mass is 342 g/mol. The lowest BCUT2D eigenvalue weighted by atomic mass is 10.1. The van der Waals surface area contributed by atoms with Gasteiger partial charge in [-0.1, -0.05) is 34.1 Å². The maximum atomic E-state index is 6.00. The van der Waals surface area contributed by atoms with Crippen molar-refractivity contribution in [3.05, 3.63) is 64.4 Å². The molecule has 0 saturated heterocycles. The van der Waals surface area contributed by atoms with E-state index >= 15 is 0 Å². The largest absolute Gasteiger partial charge is 0.488 e. The van der Waals surface area contributed by atoms with E-state index in [2.05, 4.69) is 20.9 Å². The summed E-state index contributed by atoms with van der Waals surface area (Å²) in [6.07, 6.45) is 1.80. The standard InChI is InChI=1S/C17H15BrN2O/c1-11-8-13-14(9-20-11)16(19)6-7-17(13)21-10-12-4-2-3-5-15(12)18/h2-9H,10,19H2,1H3. The van der Waals surface area contributed by atoms with Gasteiger partial charge in [-0.25, -0.2) is 0 Å². The third-order valence-corrected chi connectivity index (χ3v) is 4.15. The average molecular weight is 343 g/mol. The number of nitrogen functional groups attached to an aromatic ring is 1. The Labute approximate surface area is 131 Å². The predicted molar refractivity (Wildman–Crippen MR) is 89.4 cm³/mol. The zero-order valence-electron chi connectivity index (χ0n) is 11.6. The molecule has 4 heteroatoms. The van der Waals surface area contributed by atoms with Crippen LogP contribution in [0.3, 0.4) is 0 Å². The van der Waals surface area contributed by atoms with E-state index in [-0.39, 0.29) is 0 Å². The summed E-state index contributed by atoms with van der Waals surface area (Å²) in [5.74, 6) is 0.820. The molecule has 21 heavy (non-hydrogen) atoms. The Morgan fingerprint density at radius 3 is 2.76 bits per heavy atom. The Hall–Kier alpha value is -2.07. The van der Waals surface area contributed by atoms with Gasteiger partial charge in [-0.15, -0.1) is 0 Å². The summed E-state index contributed by atoms with van der Waals surface area (Å²) in [5.41, 5.74) is 8.77. The molecule has 0 aliphatic heterocycles. The topological polar surface area (TPSA) is 48.1 Å². The van der Waals surface area contributed by atoms with Crippen molar-refractivity contribution >= 4 is 32.4 Å². The highest BCUT2D eigenvalue weighted by atomic mass is 79.9. The zero-order valence-corrected chi connectivity index (χ0v) is 13.2. The third kappa shape index (κ3) is 2.85. The molecule has 0 fully saturated rings. The summed E-state index contributed by atoms with van der Waals surface area (Å²) < 4.78 is 7.03. The van der Waals surface area contributed by atoms with Gasteiger partial charge in [0.15, 0.2) is 0 Å². The summed E-state index contributed by atoms with van der Waals surface area (Å²) in [7, 11) is 0. The molecule has 106 valence electrons. The van der Waals surface area contributed by atoms with Crippen LogP contribution in [0.1, 0.15) is 11.3 Å². The minimum atomic E-state index is 0.502. The van der Waals surface area contributed by atoms with E-state index in [1.807, 2.05) is 49.4 Å². The molecule has 0 saturated carbocycles. The molecule has 0 atom stereocenters. The van der Waals surface area contributed by atoms with Crippen LogP contribution in [0.2, 0.25) is 0 Å². The van der Waals surface area contributed by atoms with Gasteiger partial charge in [-0.05, 0) is 31.2 Å². The van der Waals surface area contributed by atoms with Gasteiger partial charge in [0, 0.05) is 38.4 Å². The lowest BCUT2D eigenvalue weighted by Gasteiger charge is -2.12. The second kappa shape index (κ2) is 5.74.